The average Bonchev–Trinajstić information content (AvgIpc) is 2.31. The fourth-order valence-electron chi connectivity index (χ4n) is 1.18. The van der Waals surface area contributed by atoms with Gasteiger partial charge in [-0.2, -0.15) is 0 Å². The highest BCUT2D eigenvalue weighted by Gasteiger charge is 2.26. The van der Waals surface area contributed by atoms with Crippen LogP contribution in [0.2, 0.25) is 0 Å². The number of hydrogen-bond donors (Lipinski definition) is 3. The van der Waals surface area contributed by atoms with E-state index in [-0.39, 0.29) is 18.4 Å². The fourth-order valence-corrected chi connectivity index (χ4v) is 1.18. The molecule has 17 heavy (non-hydrogen) atoms. The standard InChI is InChI=1S/C11H23N3O3/c1-11(2,10(16)12-3)8-14-9(15)7-13-5-6-17-4/h13H,5-8H2,1-4H3,(H,12,16)(H,14,15). The van der Waals surface area contributed by atoms with E-state index in [0.717, 1.165) is 0 Å². The first kappa shape index (κ1) is 15.9. The molecule has 0 aliphatic rings. The summed E-state index contributed by atoms with van der Waals surface area (Å²) < 4.78 is 4.84. The summed E-state index contributed by atoms with van der Waals surface area (Å²) in [6, 6.07) is 0. The molecular weight excluding hydrogens is 222 g/mol. The quantitative estimate of drug-likeness (QED) is 0.485. The van der Waals surface area contributed by atoms with E-state index in [1.807, 2.05) is 0 Å². The number of nitrogens with one attached hydrogen (secondary N) is 3. The highest BCUT2D eigenvalue weighted by atomic mass is 16.5. The molecule has 0 saturated heterocycles. The van der Waals surface area contributed by atoms with Gasteiger partial charge >= 0.3 is 0 Å². The average molecular weight is 245 g/mol. The third-order valence-electron chi connectivity index (χ3n) is 2.34. The maximum absolute atomic E-state index is 11.5. The van der Waals surface area contributed by atoms with Crippen LogP contribution in [0.5, 0.6) is 0 Å². The number of amides is 2. The van der Waals surface area contributed by atoms with Crippen molar-refractivity contribution in [3.05, 3.63) is 0 Å². The van der Waals surface area contributed by atoms with E-state index in [9.17, 15) is 9.59 Å². The summed E-state index contributed by atoms with van der Waals surface area (Å²) in [6.07, 6.45) is 0. The van der Waals surface area contributed by atoms with Gasteiger partial charge in [0.25, 0.3) is 0 Å². The lowest BCUT2D eigenvalue weighted by molar-refractivity contribution is -0.129. The second-order valence-electron chi connectivity index (χ2n) is 4.41. The molecule has 6 nitrogen and oxygen atoms in total. The number of ether oxygens (including phenoxy) is 1. The Hall–Kier alpha value is -1.14. The minimum atomic E-state index is -0.600. The zero-order chi connectivity index (χ0) is 13.3. The number of hydrogen-bond acceptors (Lipinski definition) is 4. The van der Waals surface area contributed by atoms with E-state index in [0.29, 0.717) is 19.7 Å². The molecule has 0 radical (unpaired) electrons. The predicted octanol–water partition coefficient (Wildman–Crippen LogP) is -0.889. The van der Waals surface area contributed by atoms with E-state index in [1.165, 1.54) is 0 Å². The van der Waals surface area contributed by atoms with Crippen molar-refractivity contribution >= 4 is 11.8 Å². The second kappa shape index (κ2) is 8.03. The molecular formula is C11H23N3O3. The largest absolute Gasteiger partial charge is 0.383 e. The smallest absolute Gasteiger partial charge is 0.233 e. The van der Waals surface area contributed by atoms with E-state index < -0.39 is 5.41 Å². The van der Waals surface area contributed by atoms with Gasteiger partial charge < -0.3 is 20.7 Å². The Balaban J connectivity index is 3.79. The van der Waals surface area contributed by atoms with Crippen LogP contribution in [-0.4, -0.2) is 52.2 Å². The van der Waals surface area contributed by atoms with Crippen molar-refractivity contribution in [1.82, 2.24) is 16.0 Å². The molecule has 0 aromatic carbocycles. The molecule has 100 valence electrons. The van der Waals surface area contributed by atoms with Gasteiger partial charge in [-0.1, -0.05) is 0 Å². The number of carbonyl (C=O) groups excluding carboxylic acids is 2. The highest BCUT2D eigenvalue weighted by molar-refractivity contribution is 5.83. The normalized spacial score (nSPS) is 11.1. The predicted molar refractivity (Wildman–Crippen MR) is 65.6 cm³/mol. The van der Waals surface area contributed by atoms with Gasteiger partial charge in [-0.15, -0.1) is 0 Å². The van der Waals surface area contributed by atoms with E-state index in [2.05, 4.69) is 16.0 Å². The first-order valence-electron chi connectivity index (χ1n) is 5.62. The van der Waals surface area contributed by atoms with Crippen LogP contribution in [0, 0.1) is 5.41 Å². The molecule has 0 aromatic rings. The lowest BCUT2D eigenvalue weighted by Crippen LogP contribution is -2.45. The monoisotopic (exact) mass is 245 g/mol. The van der Waals surface area contributed by atoms with E-state index in [1.54, 1.807) is 28.0 Å². The second-order valence-corrected chi connectivity index (χ2v) is 4.41. The van der Waals surface area contributed by atoms with Gasteiger partial charge in [0.05, 0.1) is 18.6 Å². The van der Waals surface area contributed by atoms with Gasteiger partial charge in [-0.25, -0.2) is 0 Å². The van der Waals surface area contributed by atoms with Crippen molar-refractivity contribution in [3.8, 4) is 0 Å². The summed E-state index contributed by atoms with van der Waals surface area (Å²) >= 11 is 0. The van der Waals surface area contributed by atoms with Crippen molar-refractivity contribution in [2.75, 3.05) is 40.4 Å². The summed E-state index contributed by atoms with van der Waals surface area (Å²) in [4.78, 5) is 22.9. The molecule has 0 aliphatic heterocycles. The van der Waals surface area contributed by atoms with Crippen molar-refractivity contribution in [1.29, 1.82) is 0 Å². The molecule has 0 saturated carbocycles. The van der Waals surface area contributed by atoms with Gasteiger partial charge in [0, 0.05) is 27.2 Å². The Kier molecular flexibility index (Phi) is 7.49. The minimum absolute atomic E-state index is 0.0925. The molecule has 3 N–H and O–H groups in total. The molecule has 0 atom stereocenters. The molecule has 2 amide bonds. The fraction of sp³-hybridized carbons (Fsp3) is 0.818. The van der Waals surface area contributed by atoms with Crippen LogP contribution in [0.4, 0.5) is 0 Å². The third kappa shape index (κ3) is 6.91. The van der Waals surface area contributed by atoms with Gasteiger partial charge in [-0.3, -0.25) is 9.59 Å². The van der Waals surface area contributed by atoms with Gasteiger partial charge in [0.2, 0.25) is 11.8 Å². The third-order valence-corrected chi connectivity index (χ3v) is 2.34. The van der Waals surface area contributed by atoms with Crippen molar-refractivity contribution < 1.29 is 14.3 Å². The summed E-state index contributed by atoms with van der Waals surface area (Å²) in [7, 11) is 3.19. The van der Waals surface area contributed by atoms with E-state index in [4.69, 9.17) is 4.74 Å². The summed E-state index contributed by atoms with van der Waals surface area (Å²) in [5.74, 6) is -0.219. The van der Waals surface area contributed by atoms with Gasteiger partial charge in [0.15, 0.2) is 0 Å². The molecule has 0 rings (SSSR count). The maximum Gasteiger partial charge on any atom is 0.233 e. The SMILES string of the molecule is CNC(=O)C(C)(C)CNC(=O)CNCCOC. The lowest BCUT2D eigenvalue weighted by atomic mass is 9.92. The first-order chi connectivity index (χ1) is 7.94. The van der Waals surface area contributed by atoms with Crippen LogP contribution in [-0.2, 0) is 14.3 Å². The molecule has 0 fully saturated rings. The Morgan fingerprint density at radius 3 is 2.47 bits per heavy atom. The summed E-state index contributed by atoms with van der Waals surface area (Å²) in [6.45, 7) is 5.30. The molecule has 6 heteroatoms. The maximum atomic E-state index is 11.5. The summed E-state index contributed by atoms with van der Waals surface area (Å²) in [5.41, 5.74) is -0.600. The highest BCUT2D eigenvalue weighted by Crippen LogP contribution is 2.12. The number of rotatable bonds is 8. The van der Waals surface area contributed by atoms with Crippen LogP contribution in [0.25, 0.3) is 0 Å². The Morgan fingerprint density at radius 1 is 1.29 bits per heavy atom. The van der Waals surface area contributed by atoms with Crippen molar-refractivity contribution in [2.24, 2.45) is 5.41 Å². The summed E-state index contributed by atoms with van der Waals surface area (Å²) in [5, 5.41) is 8.21. The van der Waals surface area contributed by atoms with Crippen LogP contribution in [0.15, 0.2) is 0 Å². The van der Waals surface area contributed by atoms with E-state index >= 15 is 0 Å². The zero-order valence-electron chi connectivity index (χ0n) is 11.1. The minimum Gasteiger partial charge on any atom is -0.383 e. The molecule has 0 unspecified atom stereocenters. The Bertz CT molecular complexity index is 254. The Morgan fingerprint density at radius 2 is 1.94 bits per heavy atom. The van der Waals surface area contributed by atoms with Crippen LogP contribution >= 0.6 is 0 Å². The van der Waals surface area contributed by atoms with Crippen molar-refractivity contribution in [3.63, 3.8) is 0 Å². The van der Waals surface area contributed by atoms with Crippen LogP contribution < -0.4 is 16.0 Å². The Labute approximate surface area is 102 Å². The number of methoxy groups -OCH3 is 1. The van der Waals surface area contributed by atoms with Gasteiger partial charge in [-0.05, 0) is 13.8 Å². The van der Waals surface area contributed by atoms with Gasteiger partial charge in [0.1, 0.15) is 0 Å². The topological polar surface area (TPSA) is 79.5 Å². The van der Waals surface area contributed by atoms with Crippen molar-refractivity contribution in [2.45, 2.75) is 13.8 Å². The molecule has 0 spiro atoms. The lowest BCUT2D eigenvalue weighted by Gasteiger charge is -2.22. The van der Waals surface area contributed by atoms with Crippen LogP contribution in [0.3, 0.4) is 0 Å². The number of carbonyl (C=O) groups is 2. The van der Waals surface area contributed by atoms with Crippen LogP contribution in [0.1, 0.15) is 13.8 Å². The molecule has 0 bridgehead atoms. The molecule has 0 aliphatic carbocycles. The first-order valence-corrected chi connectivity index (χ1v) is 5.62. The zero-order valence-corrected chi connectivity index (χ0v) is 11.1. The molecule has 0 heterocycles. The molecule has 0 aromatic heterocycles.